The van der Waals surface area contributed by atoms with Crippen molar-refractivity contribution in [1.82, 2.24) is 9.97 Å². The SMILES string of the molecule is CCNc1nc(C)c2c(n1)N(CC)CC(c1cccc(Cl)c1)=C2. The molecule has 0 atom stereocenters. The van der Waals surface area contributed by atoms with Gasteiger partial charge in [0.1, 0.15) is 5.82 Å². The molecule has 1 aliphatic heterocycles. The number of aryl methyl sites for hydroxylation is 1. The van der Waals surface area contributed by atoms with E-state index in [4.69, 9.17) is 16.6 Å². The Balaban J connectivity index is 2.09. The monoisotopic (exact) mass is 328 g/mol. The Hall–Kier alpha value is -2.07. The summed E-state index contributed by atoms with van der Waals surface area (Å²) in [5, 5.41) is 3.96. The van der Waals surface area contributed by atoms with Gasteiger partial charge in [0, 0.05) is 30.2 Å². The number of rotatable bonds is 4. The van der Waals surface area contributed by atoms with Crippen molar-refractivity contribution in [2.75, 3.05) is 29.9 Å². The van der Waals surface area contributed by atoms with E-state index in [1.807, 2.05) is 32.0 Å². The lowest BCUT2D eigenvalue weighted by atomic mass is 9.98. The standard InChI is InChI=1S/C18H21ClN4/c1-4-20-18-21-12(3)16-10-14(11-23(5-2)17(16)22-18)13-7-6-8-15(19)9-13/h6-10H,4-5,11H2,1-3H3,(H,20,21,22). The highest BCUT2D eigenvalue weighted by atomic mass is 35.5. The molecule has 1 N–H and O–H groups in total. The van der Waals surface area contributed by atoms with Crippen LogP contribution in [-0.2, 0) is 0 Å². The molecule has 0 fully saturated rings. The van der Waals surface area contributed by atoms with E-state index < -0.39 is 0 Å². The van der Waals surface area contributed by atoms with Crippen LogP contribution in [-0.4, -0.2) is 29.6 Å². The number of nitrogens with one attached hydrogen (secondary N) is 1. The predicted molar refractivity (Wildman–Crippen MR) is 98.1 cm³/mol. The second-order valence-corrected chi connectivity index (χ2v) is 6.03. The normalized spacial score (nSPS) is 13.6. The van der Waals surface area contributed by atoms with Gasteiger partial charge in [0.05, 0.1) is 5.69 Å². The molecule has 0 unspecified atom stereocenters. The summed E-state index contributed by atoms with van der Waals surface area (Å²) in [5.41, 5.74) is 4.47. The number of anilines is 2. The summed E-state index contributed by atoms with van der Waals surface area (Å²) in [7, 11) is 0. The number of nitrogens with zero attached hydrogens (tertiary/aromatic N) is 3. The zero-order valence-electron chi connectivity index (χ0n) is 13.7. The summed E-state index contributed by atoms with van der Waals surface area (Å²) in [5.74, 6) is 1.70. The number of halogens is 1. The Bertz CT molecular complexity index is 755. The van der Waals surface area contributed by atoms with Gasteiger partial charge < -0.3 is 10.2 Å². The molecule has 0 spiro atoms. The number of hydrogen-bond acceptors (Lipinski definition) is 4. The average molecular weight is 329 g/mol. The van der Waals surface area contributed by atoms with Gasteiger partial charge in [0.15, 0.2) is 0 Å². The number of likely N-dealkylation sites (N-methyl/N-ethyl adjacent to an activating group) is 1. The fourth-order valence-electron chi connectivity index (χ4n) is 2.84. The van der Waals surface area contributed by atoms with E-state index in [9.17, 15) is 0 Å². The summed E-state index contributed by atoms with van der Waals surface area (Å²) < 4.78 is 0. The molecule has 0 bridgehead atoms. The van der Waals surface area contributed by atoms with Gasteiger partial charge in [-0.1, -0.05) is 23.7 Å². The Kier molecular flexibility index (Phi) is 4.53. The summed E-state index contributed by atoms with van der Waals surface area (Å²) in [6.45, 7) is 8.77. The summed E-state index contributed by atoms with van der Waals surface area (Å²) in [6.07, 6.45) is 2.19. The molecule has 0 saturated heterocycles. The molecule has 0 amide bonds. The lowest BCUT2D eigenvalue weighted by molar-refractivity contribution is 0.868. The van der Waals surface area contributed by atoms with E-state index in [-0.39, 0.29) is 0 Å². The molecule has 0 saturated carbocycles. The third-order valence-electron chi connectivity index (χ3n) is 4.01. The van der Waals surface area contributed by atoms with E-state index in [1.165, 1.54) is 5.57 Å². The first kappa shape index (κ1) is 15.8. The van der Waals surface area contributed by atoms with Gasteiger partial charge in [-0.3, -0.25) is 0 Å². The largest absolute Gasteiger partial charge is 0.354 e. The van der Waals surface area contributed by atoms with Crippen molar-refractivity contribution in [3.05, 3.63) is 46.1 Å². The van der Waals surface area contributed by atoms with Crippen LogP contribution in [0, 0.1) is 6.92 Å². The fourth-order valence-corrected chi connectivity index (χ4v) is 3.03. The van der Waals surface area contributed by atoms with Gasteiger partial charge in [-0.2, -0.15) is 4.98 Å². The predicted octanol–water partition coefficient (Wildman–Crippen LogP) is 4.25. The van der Waals surface area contributed by atoms with Crippen molar-refractivity contribution in [1.29, 1.82) is 0 Å². The van der Waals surface area contributed by atoms with Crippen LogP contribution in [0.4, 0.5) is 11.8 Å². The molecule has 0 aliphatic carbocycles. The third kappa shape index (κ3) is 3.17. The van der Waals surface area contributed by atoms with Gasteiger partial charge in [-0.15, -0.1) is 0 Å². The number of benzene rings is 1. The maximum atomic E-state index is 6.15. The quantitative estimate of drug-likeness (QED) is 0.911. The number of aromatic nitrogens is 2. The smallest absolute Gasteiger partial charge is 0.224 e. The molecule has 5 heteroatoms. The molecule has 1 aromatic heterocycles. The maximum Gasteiger partial charge on any atom is 0.224 e. The van der Waals surface area contributed by atoms with Crippen molar-refractivity contribution in [3.63, 3.8) is 0 Å². The molecule has 2 aromatic rings. The van der Waals surface area contributed by atoms with Gasteiger partial charge in [0.2, 0.25) is 5.95 Å². The topological polar surface area (TPSA) is 41.1 Å². The zero-order valence-corrected chi connectivity index (χ0v) is 14.5. The van der Waals surface area contributed by atoms with E-state index in [0.717, 1.165) is 47.3 Å². The van der Waals surface area contributed by atoms with Crippen molar-refractivity contribution in [3.8, 4) is 0 Å². The summed E-state index contributed by atoms with van der Waals surface area (Å²) in [4.78, 5) is 11.5. The molecular formula is C18H21ClN4. The molecule has 1 aliphatic rings. The Labute approximate surface area is 142 Å². The summed E-state index contributed by atoms with van der Waals surface area (Å²) in [6, 6.07) is 7.99. The minimum Gasteiger partial charge on any atom is -0.354 e. The van der Waals surface area contributed by atoms with E-state index in [1.54, 1.807) is 0 Å². The first-order valence-electron chi connectivity index (χ1n) is 7.96. The highest BCUT2D eigenvalue weighted by Gasteiger charge is 2.22. The second-order valence-electron chi connectivity index (χ2n) is 5.59. The van der Waals surface area contributed by atoms with Crippen LogP contribution in [0.3, 0.4) is 0 Å². The van der Waals surface area contributed by atoms with Crippen LogP contribution in [0.15, 0.2) is 24.3 Å². The minimum absolute atomic E-state index is 0.696. The van der Waals surface area contributed by atoms with Crippen molar-refractivity contribution in [2.24, 2.45) is 0 Å². The Morgan fingerprint density at radius 1 is 1.26 bits per heavy atom. The lowest BCUT2D eigenvalue weighted by Crippen LogP contribution is -2.30. The fraction of sp³-hybridized carbons (Fsp3) is 0.333. The molecule has 3 rings (SSSR count). The number of fused-ring (bicyclic) bond motifs is 1. The second kappa shape index (κ2) is 6.59. The highest BCUT2D eigenvalue weighted by molar-refractivity contribution is 6.30. The van der Waals surface area contributed by atoms with E-state index in [2.05, 4.69) is 34.3 Å². The molecule has 120 valence electrons. The molecular weight excluding hydrogens is 308 g/mol. The van der Waals surface area contributed by atoms with Gasteiger partial charge in [-0.25, -0.2) is 4.98 Å². The van der Waals surface area contributed by atoms with Gasteiger partial charge in [0.25, 0.3) is 0 Å². The van der Waals surface area contributed by atoms with Crippen LogP contribution < -0.4 is 10.2 Å². The number of hydrogen-bond donors (Lipinski definition) is 1. The van der Waals surface area contributed by atoms with Crippen molar-refractivity contribution < 1.29 is 0 Å². The average Bonchev–Trinajstić information content (AvgIpc) is 2.54. The molecule has 23 heavy (non-hydrogen) atoms. The van der Waals surface area contributed by atoms with E-state index in [0.29, 0.717) is 5.95 Å². The third-order valence-corrected chi connectivity index (χ3v) is 4.24. The summed E-state index contributed by atoms with van der Waals surface area (Å²) >= 11 is 6.15. The molecule has 4 nitrogen and oxygen atoms in total. The zero-order chi connectivity index (χ0) is 16.4. The molecule has 2 heterocycles. The highest BCUT2D eigenvalue weighted by Crippen LogP contribution is 2.33. The molecule has 1 aromatic carbocycles. The maximum absolute atomic E-state index is 6.15. The van der Waals surface area contributed by atoms with Crippen LogP contribution in [0.25, 0.3) is 11.6 Å². The van der Waals surface area contributed by atoms with Crippen molar-refractivity contribution in [2.45, 2.75) is 20.8 Å². The molecule has 0 radical (unpaired) electrons. The van der Waals surface area contributed by atoms with Gasteiger partial charge in [-0.05, 0) is 50.1 Å². The first-order valence-corrected chi connectivity index (χ1v) is 8.34. The van der Waals surface area contributed by atoms with Crippen LogP contribution >= 0.6 is 11.6 Å². The van der Waals surface area contributed by atoms with E-state index >= 15 is 0 Å². The first-order chi connectivity index (χ1) is 11.1. The van der Waals surface area contributed by atoms with Gasteiger partial charge >= 0.3 is 0 Å². The van der Waals surface area contributed by atoms with Crippen LogP contribution in [0.5, 0.6) is 0 Å². The Morgan fingerprint density at radius 3 is 2.78 bits per heavy atom. The van der Waals surface area contributed by atoms with Crippen LogP contribution in [0.1, 0.15) is 30.7 Å². The minimum atomic E-state index is 0.696. The van der Waals surface area contributed by atoms with Crippen molar-refractivity contribution >= 4 is 35.0 Å². The Morgan fingerprint density at radius 2 is 2.09 bits per heavy atom. The van der Waals surface area contributed by atoms with Crippen LogP contribution in [0.2, 0.25) is 5.02 Å². The lowest BCUT2D eigenvalue weighted by Gasteiger charge is -2.30.